The van der Waals surface area contributed by atoms with Crippen LogP contribution in [-0.4, -0.2) is 24.7 Å². The number of esters is 1. The van der Waals surface area contributed by atoms with Crippen LogP contribution in [0.25, 0.3) is 0 Å². The molecule has 0 bridgehead atoms. The van der Waals surface area contributed by atoms with Gasteiger partial charge in [0.05, 0.1) is 6.54 Å². The van der Waals surface area contributed by atoms with Gasteiger partial charge in [-0.2, -0.15) is 0 Å². The van der Waals surface area contributed by atoms with E-state index >= 15 is 0 Å². The Labute approximate surface area is 107 Å². The Morgan fingerprint density at radius 3 is 2.61 bits per heavy atom. The third-order valence-electron chi connectivity index (χ3n) is 2.22. The highest BCUT2D eigenvalue weighted by molar-refractivity contribution is 5.72. The summed E-state index contributed by atoms with van der Waals surface area (Å²) in [5.74, 6) is -0.507. The van der Waals surface area contributed by atoms with Crippen molar-refractivity contribution in [1.82, 2.24) is 5.32 Å². The lowest BCUT2D eigenvalue weighted by atomic mass is 10.1. The number of carbonyl (C=O) groups is 1. The third-order valence-corrected chi connectivity index (χ3v) is 2.22. The second-order valence-electron chi connectivity index (χ2n) is 5.10. The largest absolute Gasteiger partial charge is 0.459 e. The molecule has 1 aromatic carbocycles. The van der Waals surface area contributed by atoms with Crippen LogP contribution in [0.15, 0.2) is 24.3 Å². The molecule has 4 heteroatoms. The Morgan fingerprint density at radius 1 is 1.33 bits per heavy atom. The van der Waals surface area contributed by atoms with Gasteiger partial charge < -0.3 is 10.1 Å². The van der Waals surface area contributed by atoms with E-state index in [4.69, 9.17) is 4.74 Å². The van der Waals surface area contributed by atoms with Crippen LogP contribution in [0.5, 0.6) is 0 Å². The number of ether oxygens (including phenoxy) is 1. The number of rotatable bonds is 5. The second-order valence-corrected chi connectivity index (χ2v) is 5.10. The molecule has 0 unspecified atom stereocenters. The quantitative estimate of drug-likeness (QED) is 0.646. The molecule has 0 amide bonds. The van der Waals surface area contributed by atoms with E-state index in [1.54, 1.807) is 18.2 Å². The zero-order chi connectivity index (χ0) is 13.6. The highest BCUT2D eigenvalue weighted by Gasteiger charge is 2.15. The van der Waals surface area contributed by atoms with Gasteiger partial charge in [-0.05, 0) is 45.4 Å². The van der Waals surface area contributed by atoms with Crippen molar-refractivity contribution in [3.63, 3.8) is 0 Å². The molecule has 0 saturated heterocycles. The van der Waals surface area contributed by atoms with Gasteiger partial charge in [0.25, 0.3) is 0 Å². The van der Waals surface area contributed by atoms with Gasteiger partial charge in [-0.15, -0.1) is 0 Å². The van der Waals surface area contributed by atoms with Crippen LogP contribution in [-0.2, 0) is 16.0 Å². The number of nitrogens with one attached hydrogen (secondary N) is 1. The summed E-state index contributed by atoms with van der Waals surface area (Å²) in [4.78, 5) is 11.4. The first-order chi connectivity index (χ1) is 8.38. The zero-order valence-electron chi connectivity index (χ0n) is 11.1. The number of halogens is 1. The molecule has 0 heterocycles. The Balaban J connectivity index is 2.23. The van der Waals surface area contributed by atoms with Crippen molar-refractivity contribution in [2.75, 3.05) is 13.1 Å². The minimum atomic E-state index is -0.468. The molecule has 0 saturated carbocycles. The van der Waals surface area contributed by atoms with Crippen LogP contribution in [0.1, 0.15) is 26.3 Å². The maximum absolute atomic E-state index is 13.3. The molecular formula is C14H20FNO2. The molecule has 0 aliphatic carbocycles. The molecule has 0 atom stereocenters. The first kappa shape index (κ1) is 14.6. The van der Waals surface area contributed by atoms with Crippen molar-refractivity contribution in [3.05, 3.63) is 35.6 Å². The van der Waals surface area contributed by atoms with Gasteiger partial charge in [0.2, 0.25) is 0 Å². The fourth-order valence-corrected chi connectivity index (χ4v) is 1.49. The van der Waals surface area contributed by atoms with Gasteiger partial charge in [0.1, 0.15) is 11.4 Å². The lowest BCUT2D eigenvalue weighted by Gasteiger charge is -2.19. The van der Waals surface area contributed by atoms with Crippen LogP contribution in [0.3, 0.4) is 0 Å². The van der Waals surface area contributed by atoms with Gasteiger partial charge >= 0.3 is 5.97 Å². The molecular weight excluding hydrogens is 233 g/mol. The third kappa shape index (κ3) is 5.77. The maximum Gasteiger partial charge on any atom is 0.320 e. The van der Waals surface area contributed by atoms with E-state index in [9.17, 15) is 9.18 Å². The highest BCUT2D eigenvalue weighted by atomic mass is 19.1. The topological polar surface area (TPSA) is 38.3 Å². The fraction of sp³-hybridized carbons (Fsp3) is 0.500. The fourth-order valence-electron chi connectivity index (χ4n) is 1.49. The van der Waals surface area contributed by atoms with Gasteiger partial charge in [-0.3, -0.25) is 4.79 Å². The van der Waals surface area contributed by atoms with Crippen molar-refractivity contribution < 1.29 is 13.9 Å². The second kappa shape index (κ2) is 6.50. The molecule has 100 valence electrons. The Morgan fingerprint density at radius 2 is 2.00 bits per heavy atom. The summed E-state index contributed by atoms with van der Waals surface area (Å²) in [6, 6.07) is 6.63. The monoisotopic (exact) mass is 253 g/mol. The molecule has 3 nitrogen and oxygen atoms in total. The number of carbonyl (C=O) groups excluding carboxylic acids is 1. The standard InChI is InChI=1S/C14H20FNO2/c1-14(2,3)18-13(17)10-16-9-8-11-6-4-5-7-12(11)15/h4-7,16H,8-10H2,1-3H3. The summed E-state index contributed by atoms with van der Waals surface area (Å²) in [7, 11) is 0. The first-order valence-electron chi connectivity index (χ1n) is 6.04. The average molecular weight is 253 g/mol. The zero-order valence-corrected chi connectivity index (χ0v) is 11.1. The van der Waals surface area contributed by atoms with Gasteiger partial charge in [-0.25, -0.2) is 4.39 Å². The van der Waals surface area contributed by atoms with Gasteiger partial charge in [-0.1, -0.05) is 18.2 Å². The molecule has 0 spiro atoms. The van der Waals surface area contributed by atoms with E-state index < -0.39 is 5.60 Å². The van der Waals surface area contributed by atoms with E-state index in [1.165, 1.54) is 6.07 Å². The Bertz CT molecular complexity index is 399. The van der Waals surface area contributed by atoms with E-state index in [1.807, 2.05) is 20.8 Å². The summed E-state index contributed by atoms with van der Waals surface area (Å²) in [6.07, 6.45) is 0.551. The average Bonchev–Trinajstić information content (AvgIpc) is 2.24. The molecule has 0 aliphatic rings. The van der Waals surface area contributed by atoms with Crippen LogP contribution in [0.4, 0.5) is 4.39 Å². The molecule has 0 aromatic heterocycles. The molecule has 1 rings (SSSR count). The summed E-state index contributed by atoms with van der Waals surface area (Å²) in [5, 5.41) is 2.94. The molecule has 1 aromatic rings. The smallest absolute Gasteiger partial charge is 0.320 e. The minimum Gasteiger partial charge on any atom is -0.459 e. The maximum atomic E-state index is 13.3. The van der Waals surface area contributed by atoms with Crippen LogP contribution in [0, 0.1) is 5.82 Å². The Hall–Kier alpha value is -1.42. The van der Waals surface area contributed by atoms with Crippen molar-refractivity contribution in [1.29, 1.82) is 0 Å². The summed E-state index contributed by atoms with van der Waals surface area (Å²) in [6.45, 7) is 6.16. The highest BCUT2D eigenvalue weighted by Crippen LogP contribution is 2.07. The number of hydrogen-bond donors (Lipinski definition) is 1. The van der Waals surface area contributed by atoms with Crippen LogP contribution >= 0.6 is 0 Å². The molecule has 1 N–H and O–H groups in total. The molecule has 0 radical (unpaired) electrons. The predicted octanol–water partition coefficient (Wildman–Crippen LogP) is 2.30. The van der Waals surface area contributed by atoms with E-state index in [0.717, 1.165) is 0 Å². The number of hydrogen-bond acceptors (Lipinski definition) is 3. The summed E-state index contributed by atoms with van der Waals surface area (Å²) in [5.41, 5.74) is 0.179. The van der Waals surface area contributed by atoms with E-state index in [-0.39, 0.29) is 18.3 Å². The van der Waals surface area contributed by atoms with Crippen molar-refractivity contribution >= 4 is 5.97 Å². The van der Waals surface area contributed by atoms with Gasteiger partial charge in [0.15, 0.2) is 0 Å². The molecule has 0 fully saturated rings. The molecule has 18 heavy (non-hydrogen) atoms. The summed E-state index contributed by atoms with van der Waals surface area (Å²) >= 11 is 0. The van der Waals surface area contributed by atoms with Crippen LogP contribution in [0.2, 0.25) is 0 Å². The van der Waals surface area contributed by atoms with E-state index in [0.29, 0.717) is 18.5 Å². The van der Waals surface area contributed by atoms with Crippen molar-refractivity contribution in [2.45, 2.75) is 32.8 Å². The van der Waals surface area contributed by atoms with Crippen LogP contribution < -0.4 is 5.32 Å². The first-order valence-corrected chi connectivity index (χ1v) is 6.04. The molecule has 0 aliphatic heterocycles. The normalized spacial score (nSPS) is 11.3. The lowest BCUT2D eigenvalue weighted by molar-refractivity contribution is -0.153. The Kier molecular flexibility index (Phi) is 5.28. The van der Waals surface area contributed by atoms with Gasteiger partial charge in [0, 0.05) is 0 Å². The van der Waals surface area contributed by atoms with Crippen molar-refractivity contribution in [2.24, 2.45) is 0 Å². The lowest BCUT2D eigenvalue weighted by Crippen LogP contribution is -2.32. The number of benzene rings is 1. The van der Waals surface area contributed by atoms with E-state index in [2.05, 4.69) is 5.32 Å². The SMILES string of the molecule is CC(C)(C)OC(=O)CNCCc1ccccc1F. The van der Waals surface area contributed by atoms with Crippen molar-refractivity contribution in [3.8, 4) is 0 Å². The predicted molar refractivity (Wildman–Crippen MR) is 68.8 cm³/mol. The minimum absolute atomic E-state index is 0.145. The summed E-state index contributed by atoms with van der Waals surface area (Å²) < 4.78 is 18.4.